The van der Waals surface area contributed by atoms with Gasteiger partial charge in [-0.3, -0.25) is 9.59 Å². The third-order valence-corrected chi connectivity index (χ3v) is 3.60. The topological polar surface area (TPSA) is 58.2 Å². The van der Waals surface area contributed by atoms with Gasteiger partial charge in [-0.05, 0) is 36.2 Å². The third-order valence-electron chi connectivity index (χ3n) is 3.10. The molecule has 2 rings (SSSR count). The van der Waals surface area contributed by atoms with Gasteiger partial charge in [0.2, 0.25) is 11.8 Å². The maximum absolute atomic E-state index is 13.4. The number of carbonyl (C=O) groups is 2. The van der Waals surface area contributed by atoms with Crippen molar-refractivity contribution in [2.24, 2.45) is 0 Å². The average Bonchev–Trinajstić information content (AvgIpc) is 2.49. The van der Waals surface area contributed by atoms with Crippen LogP contribution < -0.4 is 10.6 Å². The lowest BCUT2D eigenvalue weighted by atomic mass is 10.1. The monoisotopic (exact) mass is 378 g/mol. The van der Waals surface area contributed by atoms with Crippen LogP contribution in [0.15, 0.2) is 53.0 Å². The highest BCUT2D eigenvalue weighted by Crippen LogP contribution is 2.15. The second kappa shape index (κ2) is 8.43. The van der Waals surface area contributed by atoms with E-state index >= 15 is 0 Å². The summed E-state index contributed by atoms with van der Waals surface area (Å²) in [6.45, 7) is 0.282. The highest BCUT2D eigenvalue weighted by atomic mass is 79.9. The van der Waals surface area contributed by atoms with Crippen molar-refractivity contribution in [3.63, 3.8) is 0 Å². The summed E-state index contributed by atoms with van der Waals surface area (Å²) >= 11 is 3.30. The second-order valence-corrected chi connectivity index (χ2v) is 5.84. The predicted octanol–water partition coefficient (Wildman–Crippen LogP) is 3.28. The molecule has 120 valence electrons. The fraction of sp³-hybridized carbons (Fsp3) is 0.176. The van der Waals surface area contributed by atoms with Crippen molar-refractivity contribution in [2.45, 2.75) is 12.8 Å². The van der Waals surface area contributed by atoms with E-state index in [2.05, 4.69) is 26.6 Å². The van der Waals surface area contributed by atoms with Crippen LogP contribution in [0.3, 0.4) is 0 Å². The summed E-state index contributed by atoms with van der Waals surface area (Å²) in [4.78, 5) is 23.5. The van der Waals surface area contributed by atoms with Crippen molar-refractivity contribution >= 4 is 33.4 Å². The molecule has 0 fully saturated rings. The van der Waals surface area contributed by atoms with E-state index in [1.807, 2.05) is 6.07 Å². The highest BCUT2D eigenvalue weighted by molar-refractivity contribution is 9.10. The number of carbonyl (C=O) groups excluding carboxylic acids is 2. The van der Waals surface area contributed by atoms with Gasteiger partial charge in [-0.2, -0.15) is 0 Å². The lowest BCUT2D eigenvalue weighted by molar-refractivity contribution is -0.126. The summed E-state index contributed by atoms with van der Waals surface area (Å²) < 4.78 is 14.3. The molecule has 0 spiro atoms. The quantitative estimate of drug-likeness (QED) is 0.757. The third kappa shape index (κ3) is 5.83. The first kappa shape index (κ1) is 17.1. The lowest BCUT2D eigenvalue weighted by Crippen LogP contribution is -2.29. The molecule has 2 amide bonds. The molecule has 0 bridgehead atoms. The number of hydrogen-bond acceptors (Lipinski definition) is 2. The summed E-state index contributed by atoms with van der Waals surface area (Å²) in [6, 6.07) is 13.5. The van der Waals surface area contributed by atoms with Crippen LogP contribution in [0.2, 0.25) is 0 Å². The van der Waals surface area contributed by atoms with Gasteiger partial charge in [-0.15, -0.1) is 0 Å². The Labute approximate surface area is 142 Å². The molecule has 0 radical (unpaired) electrons. The first-order chi connectivity index (χ1) is 11.0. The van der Waals surface area contributed by atoms with E-state index < -0.39 is 11.8 Å². The molecule has 0 heterocycles. The fourth-order valence-corrected chi connectivity index (χ4v) is 2.42. The minimum atomic E-state index is -0.397. The molecule has 0 unspecified atom stereocenters. The van der Waals surface area contributed by atoms with Gasteiger partial charge in [-0.25, -0.2) is 4.39 Å². The van der Waals surface area contributed by atoms with Crippen LogP contribution in [0.25, 0.3) is 0 Å². The molecular formula is C17H16BrFN2O2. The maximum Gasteiger partial charge on any atom is 0.233 e. The number of amides is 2. The van der Waals surface area contributed by atoms with Crippen molar-refractivity contribution < 1.29 is 14.0 Å². The van der Waals surface area contributed by atoms with Crippen LogP contribution in [-0.2, 0) is 16.0 Å². The van der Waals surface area contributed by atoms with Gasteiger partial charge in [-0.1, -0.05) is 40.2 Å². The number of benzene rings is 2. The Morgan fingerprint density at radius 3 is 2.57 bits per heavy atom. The molecule has 0 atom stereocenters. The largest absolute Gasteiger partial charge is 0.355 e. The number of rotatable bonds is 6. The standard InChI is InChI=1S/C17H16BrFN2O2/c18-13-5-3-6-14(10-13)21-17(23)11-16(22)20-9-8-12-4-1-2-7-15(12)19/h1-7,10H,8-9,11H2,(H,20,22)(H,21,23). The average molecular weight is 379 g/mol. The van der Waals surface area contributed by atoms with Crippen LogP contribution in [0.1, 0.15) is 12.0 Å². The van der Waals surface area contributed by atoms with Crippen LogP contribution in [0, 0.1) is 5.82 Å². The zero-order valence-corrected chi connectivity index (χ0v) is 13.9. The van der Waals surface area contributed by atoms with E-state index in [4.69, 9.17) is 0 Å². The predicted molar refractivity (Wildman–Crippen MR) is 90.5 cm³/mol. The van der Waals surface area contributed by atoms with Crippen molar-refractivity contribution in [2.75, 3.05) is 11.9 Å². The van der Waals surface area contributed by atoms with Gasteiger partial charge in [0.05, 0.1) is 0 Å². The van der Waals surface area contributed by atoms with Crippen molar-refractivity contribution in [3.8, 4) is 0 Å². The number of nitrogens with one attached hydrogen (secondary N) is 2. The maximum atomic E-state index is 13.4. The van der Waals surface area contributed by atoms with E-state index in [1.165, 1.54) is 6.07 Å². The Morgan fingerprint density at radius 2 is 1.83 bits per heavy atom. The summed E-state index contributed by atoms with van der Waals surface area (Å²) in [5, 5.41) is 5.25. The van der Waals surface area contributed by atoms with Crippen LogP contribution in [-0.4, -0.2) is 18.4 Å². The van der Waals surface area contributed by atoms with E-state index in [1.54, 1.807) is 36.4 Å². The second-order valence-electron chi connectivity index (χ2n) is 4.93. The smallest absolute Gasteiger partial charge is 0.233 e. The lowest BCUT2D eigenvalue weighted by Gasteiger charge is -2.07. The normalized spacial score (nSPS) is 10.2. The van der Waals surface area contributed by atoms with Crippen LogP contribution in [0.5, 0.6) is 0 Å². The van der Waals surface area contributed by atoms with Gasteiger partial charge >= 0.3 is 0 Å². The van der Waals surface area contributed by atoms with Gasteiger partial charge in [0.25, 0.3) is 0 Å². The van der Waals surface area contributed by atoms with Gasteiger partial charge in [0, 0.05) is 16.7 Å². The number of halogens is 2. The Kier molecular flexibility index (Phi) is 6.29. The minimum absolute atomic E-state index is 0.274. The Bertz CT molecular complexity index is 706. The minimum Gasteiger partial charge on any atom is -0.355 e. The summed E-state index contributed by atoms with van der Waals surface area (Å²) in [5.41, 5.74) is 1.15. The molecule has 0 aromatic heterocycles. The van der Waals surface area contributed by atoms with Gasteiger partial charge in [0.15, 0.2) is 0 Å². The molecule has 0 saturated carbocycles. The SMILES string of the molecule is O=C(CC(=O)Nc1cccc(Br)c1)NCCc1ccccc1F. The molecule has 6 heteroatoms. The van der Waals surface area contributed by atoms with E-state index in [9.17, 15) is 14.0 Å². The van der Waals surface area contributed by atoms with E-state index in [-0.39, 0.29) is 18.8 Å². The molecule has 0 aliphatic rings. The van der Waals surface area contributed by atoms with Crippen LogP contribution >= 0.6 is 15.9 Å². The Hall–Kier alpha value is -2.21. The van der Waals surface area contributed by atoms with Gasteiger partial charge in [0.1, 0.15) is 12.2 Å². The molecule has 0 aliphatic heterocycles. The molecule has 0 saturated heterocycles. The number of anilines is 1. The van der Waals surface area contributed by atoms with E-state index in [0.717, 1.165) is 4.47 Å². The molecule has 4 nitrogen and oxygen atoms in total. The van der Waals surface area contributed by atoms with Crippen molar-refractivity contribution in [3.05, 3.63) is 64.4 Å². The Balaban J connectivity index is 1.74. The summed E-state index contributed by atoms with van der Waals surface area (Å²) in [5.74, 6) is -1.09. The molecular weight excluding hydrogens is 363 g/mol. The molecule has 2 N–H and O–H groups in total. The molecule has 2 aromatic carbocycles. The number of hydrogen-bond donors (Lipinski definition) is 2. The Morgan fingerprint density at radius 1 is 1.04 bits per heavy atom. The van der Waals surface area contributed by atoms with Crippen LogP contribution in [0.4, 0.5) is 10.1 Å². The van der Waals surface area contributed by atoms with E-state index in [0.29, 0.717) is 17.7 Å². The summed E-state index contributed by atoms with van der Waals surface area (Å²) in [6.07, 6.45) is 0.107. The summed E-state index contributed by atoms with van der Waals surface area (Å²) in [7, 11) is 0. The van der Waals surface area contributed by atoms with Crippen molar-refractivity contribution in [1.29, 1.82) is 0 Å². The zero-order chi connectivity index (χ0) is 16.7. The molecule has 0 aliphatic carbocycles. The highest BCUT2D eigenvalue weighted by Gasteiger charge is 2.10. The molecule has 2 aromatic rings. The first-order valence-electron chi connectivity index (χ1n) is 7.10. The zero-order valence-electron chi connectivity index (χ0n) is 12.3. The molecule has 23 heavy (non-hydrogen) atoms. The van der Waals surface area contributed by atoms with Crippen molar-refractivity contribution in [1.82, 2.24) is 5.32 Å². The fourth-order valence-electron chi connectivity index (χ4n) is 2.02. The first-order valence-corrected chi connectivity index (χ1v) is 7.89. The van der Waals surface area contributed by atoms with Gasteiger partial charge < -0.3 is 10.6 Å².